The first kappa shape index (κ1) is 12.2. The van der Waals surface area contributed by atoms with Crippen molar-refractivity contribution in [3.63, 3.8) is 0 Å². The van der Waals surface area contributed by atoms with Crippen molar-refractivity contribution in [1.82, 2.24) is 0 Å². The summed E-state index contributed by atoms with van der Waals surface area (Å²) >= 11 is 0. The van der Waals surface area contributed by atoms with Gasteiger partial charge in [0, 0.05) is 11.5 Å². The molecule has 0 bridgehead atoms. The van der Waals surface area contributed by atoms with Crippen LogP contribution in [0, 0.1) is 0 Å². The minimum atomic E-state index is -0.148. The molecule has 2 nitrogen and oxygen atoms in total. The number of rotatable bonds is 4. The highest BCUT2D eigenvalue weighted by atomic mass is 16.5. The summed E-state index contributed by atoms with van der Waals surface area (Å²) in [5.41, 5.74) is 4.31. The van der Waals surface area contributed by atoms with Gasteiger partial charge in [0.25, 0.3) is 0 Å². The highest BCUT2D eigenvalue weighted by Crippen LogP contribution is 2.31. The molecule has 0 N–H and O–H groups in total. The van der Waals surface area contributed by atoms with Crippen LogP contribution < -0.4 is 0 Å². The van der Waals surface area contributed by atoms with Crippen molar-refractivity contribution in [1.29, 1.82) is 0 Å². The molecule has 0 saturated carbocycles. The van der Waals surface area contributed by atoms with Crippen LogP contribution in [0.1, 0.15) is 52.7 Å². The zero-order valence-electron chi connectivity index (χ0n) is 11.2. The van der Waals surface area contributed by atoms with Crippen LogP contribution >= 0.6 is 0 Å². The standard InChI is InChI=1S/C17H18O2/c1-2-3-6-13-9-14(12-7-4-5-8-12)10-15-11-19-17(18)16(13)15/h4-5,7-10,12H,2-3,6,11H2,1H3. The number of allylic oxidation sites excluding steroid dienone is 4. The maximum Gasteiger partial charge on any atom is 0.339 e. The summed E-state index contributed by atoms with van der Waals surface area (Å²) in [6.45, 7) is 2.60. The van der Waals surface area contributed by atoms with E-state index in [1.54, 1.807) is 0 Å². The lowest BCUT2D eigenvalue weighted by Crippen LogP contribution is -2.03. The Kier molecular flexibility index (Phi) is 3.24. The van der Waals surface area contributed by atoms with Crippen molar-refractivity contribution in [2.24, 2.45) is 0 Å². The fourth-order valence-electron chi connectivity index (χ4n) is 2.80. The highest BCUT2D eigenvalue weighted by Gasteiger charge is 2.26. The molecule has 0 atom stereocenters. The Hall–Kier alpha value is -1.83. The summed E-state index contributed by atoms with van der Waals surface area (Å²) in [4.78, 5) is 11.8. The molecule has 1 aromatic rings. The molecule has 0 radical (unpaired) electrons. The highest BCUT2D eigenvalue weighted by molar-refractivity contribution is 5.95. The molecule has 98 valence electrons. The summed E-state index contributed by atoms with van der Waals surface area (Å²) in [7, 11) is 0. The maximum absolute atomic E-state index is 11.8. The second kappa shape index (κ2) is 5.04. The van der Waals surface area contributed by atoms with Crippen LogP contribution in [0.3, 0.4) is 0 Å². The predicted octanol–water partition coefficient (Wildman–Crippen LogP) is 3.91. The molecular weight excluding hydrogens is 236 g/mol. The van der Waals surface area contributed by atoms with Crippen molar-refractivity contribution in [2.75, 3.05) is 0 Å². The number of ether oxygens (including phenoxy) is 1. The van der Waals surface area contributed by atoms with Crippen molar-refractivity contribution < 1.29 is 9.53 Å². The van der Waals surface area contributed by atoms with Crippen LogP contribution in [0.4, 0.5) is 0 Å². The molecule has 2 aliphatic rings. The Labute approximate surface area is 113 Å². The van der Waals surface area contributed by atoms with E-state index in [0.717, 1.165) is 36.0 Å². The lowest BCUT2D eigenvalue weighted by Gasteiger charge is -2.12. The number of fused-ring (bicyclic) bond motifs is 1. The van der Waals surface area contributed by atoms with Crippen molar-refractivity contribution in [3.05, 3.63) is 58.7 Å². The van der Waals surface area contributed by atoms with Gasteiger partial charge in [-0.25, -0.2) is 4.79 Å². The smallest absolute Gasteiger partial charge is 0.339 e. The van der Waals surface area contributed by atoms with Crippen molar-refractivity contribution in [3.8, 4) is 0 Å². The van der Waals surface area contributed by atoms with Gasteiger partial charge < -0.3 is 4.74 Å². The third-order valence-corrected chi connectivity index (χ3v) is 3.82. The van der Waals surface area contributed by atoms with E-state index in [4.69, 9.17) is 4.74 Å². The summed E-state index contributed by atoms with van der Waals surface area (Å²) in [6, 6.07) is 4.31. The molecule has 0 fully saturated rings. The number of unbranched alkanes of at least 4 members (excludes halogenated alkanes) is 1. The summed E-state index contributed by atoms with van der Waals surface area (Å²) < 4.78 is 5.19. The zero-order chi connectivity index (χ0) is 13.2. The van der Waals surface area contributed by atoms with Crippen LogP contribution in [0.15, 0.2) is 36.4 Å². The van der Waals surface area contributed by atoms with Crippen LogP contribution in [0.2, 0.25) is 0 Å². The third kappa shape index (κ3) is 2.23. The Morgan fingerprint density at radius 2 is 2.05 bits per heavy atom. The van der Waals surface area contributed by atoms with Gasteiger partial charge in [-0.2, -0.15) is 0 Å². The van der Waals surface area contributed by atoms with Gasteiger partial charge in [0.15, 0.2) is 0 Å². The van der Waals surface area contributed by atoms with Crippen LogP contribution in [0.25, 0.3) is 0 Å². The zero-order valence-corrected chi connectivity index (χ0v) is 11.2. The topological polar surface area (TPSA) is 26.3 Å². The monoisotopic (exact) mass is 254 g/mol. The fourth-order valence-corrected chi connectivity index (χ4v) is 2.80. The number of esters is 1. The minimum Gasteiger partial charge on any atom is -0.457 e. The van der Waals surface area contributed by atoms with Gasteiger partial charge in [0.05, 0.1) is 5.56 Å². The van der Waals surface area contributed by atoms with E-state index in [0.29, 0.717) is 12.5 Å². The summed E-state index contributed by atoms with van der Waals surface area (Å²) in [6.07, 6.45) is 11.7. The van der Waals surface area contributed by atoms with Gasteiger partial charge in [-0.3, -0.25) is 0 Å². The molecule has 0 saturated heterocycles. The van der Waals surface area contributed by atoms with Crippen LogP contribution in [-0.2, 0) is 17.8 Å². The lowest BCUT2D eigenvalue weighted by atomic mass is 9.91. The quantitative estimate of drug-likeness (QED) is 0.761. The van der Waals surface area contributed by atoms with E-state index in [-0.39, 0.29) is 5.97 Å². The van der Waals surface area contributed by atoms with Gasteiger partial charge in [-0.15, -0.1) is 0 Å². The number of hydrogen-bond acceptors (Lipinski definition) is 2. The van der Waals surface area contributed by atoms with Gasteiger partial charge in [-0.1, -0.05) is 49.8 Å². The van der Waals surface area contributed by atoms with Gasteiger partial charge in [-0.05, 0) is 24.0 Å². The Morgan fingerprint density at radius 3 is 2.79 bits per heavy atom. The molecule has 0 amide bonds. The third-order valence-electron chi connectivity index (χ3n) is 3.82. The van der Waals surface area contributed by atoms with E-state index in [9.17, 15) is 4.79 Å². The largest absolute Gasteiger partial charge is 0.457 e. The normalized spacial score (nSPS) is 17.0. The number of carbonyl (C=O) groups excluding carboxylic acids is 1. The maximum atomic E-state index is 11.8. The summed E-state index contributed by atoms with van der Waals surface area (Å²) in [5, 5.41) is 0. The first-order valence-electron chi connectivity index (χ1n) is 6.97. The minimum absolute atomic E-state index is 0.148. The molecule has 0 unspecified atom stereocenters. The predicted molar refractivity (Wildman–Crippen MR) is 75.2 cm³/mol. The molecule has 1 aromatic carbocycles. The molecule has 0 aromatic heterocycles. The van der Waals surface area contributed by atoms with Crippen molar-refractivity contribution >= 4 is 5.97 Å². The first-order valence-corrected chi connectivity index (χ1v) is 6.97. The number of benzene rings is 1. The molecule has 1 aliphatic heterocycles. The molecule has 3 rings (SSSR count). The van der Waals surface area contributed by atoms with E-state index >= 15 is 0 Å². The van der Waals surface area contributed by atoms with E-state index in [1.165, 1.54) is 5.56 Å². The molecule has 0 spiro atoms. The Morgan fingerprint density at radius 1 is 1.26 bits per heavy atom. The molecule has 1 heterocycles. The first-order chi connectivity index (χ1) is 9.29. The number of carbonyl (C=O) groups is 1. The Bertz CT molecular complexity index is 555. The number of cyclic esters (lactones) is 1. The SMILES string of the molecule is CCCCc1cc(C2C=CC=C2)cc2c1C(=O)OC2. The van der Waals surface area contributed by atoms with E-state index < -0.39 is 0 Å². The number of aryl methyl sites for hydroxylation is 1. The Balaban J connectivity index is 2.02. The van der Waals surface area contributed by atoms with Gasteiger partial charge in [0.1, 0.15) is 6.61 Å². The second-order valence-electron chi connectivity index (χ2n) is 5.19. The number of hydrogen-bond donors (Lipinski definition) is 0. The average Bonchev–Trinajstić information content (AvgIpc) is 3.06. The molecule has 1 aliphatic carbocycles. The van der Waals surface area contributed by atoms with Gasteiger partial charge >= 0.3 is 5.97 Å². The van der Waals surface area contributed by atoms with Crippen LogP contribution in [-0.4, -0.2) is 5.97 Å². The van der Waals surface area contributed by atoms with Crippen LogP contribution in [0.5, 0.6) is 0 Å². The van der Waals surface area contributed by atoms with Gasteiger partial charge in [0.2, 0.25) is 0 Å². The van der Waals surface area contributed by atoms with E-state index in [2.05, 4.69) is 43.4 Å². The fraction of sp³-hybridized carbons (Fsp3) is 0.353. The van der Waals surface area contributed by atoms with Crippen molar-refractivity contribution in [2.45, 2.75) is 38.7 Å². The van der Waals surface area contributed by atoms with E-state index in [1.807, 2.05) is 0 Å². The summed E-state index contributed by atoms with van der Waals surface area (Å²) in [5.74, 6) is 0.200. The molecule has 2 heteroatoms. The molecule has 19 heavy (non-hydrogen) atoms. The molecular formula is C17H18O2. The second-order valence-corrected chi connectivity index (χ2v) is 5.19. The average molecular weight is 254 g/mol. The lowest BCUT2D eigenvalue weighted by molar-refractivity contribution is 0.0534.